The number of methoxy groups -OCH3 is 1. The van der Waals surface area contributed by atoms with E-state index in [9.17, 15) is 4.39 Å². The molecule has 0 bridgehead atoms. The van der Waals surface area contributed by atoms with E-state index in [-0.39, 0.29) is 17.6 Å². The van der Waals surface area contributed by atoms with Crippen molar-refractivity contribution in [1.29, 1.82) is 0 Å². The molecular weight excluding hydrogens is 257 g/mol. The van der Waals surface area contributed by atoms with Crippen LogP contribution in [0.15, 0.2) is 24.4 Å². The lowest BCUT2D eigenvalue weighted by atomic mass is 9.98. The number of hydrogen-bond donors (Lipinski definition) is 1. The van der Waals surface area contributed by atoms with Crippen LogP contribution in [0, 0.1) is 11.7 Å². The van der Waals surface area contributed by atoms with Crippen molar-refractivity contribution in [3.63, 3.8) is 0 Å². The predicted molar refractivity (Wildman–Crippen MR) is 74.9 cm³/mol. The maximum absolute atomic E-state index is 13.8. The number of nitrogens with zero attached hydrogens (tertiary/aromatic N) is 2. The first kappa shape index (κ1) is 13.1. The fourth-order valence-corrected chi connectivity index (χ4v) is 2.79. The van der Waals surface area contributed by atoms with E-state index in [0.29, 0.717) is 5.92 Å². The second-order valence-corrected chi connectivity index (χ2v) is 5.43. The summed E-state index contributed by atoms with van der Waals surface area (Å²) in [4.78, 5) is 4.56. The van der Waals surface area contributed by atoms with Crippen molar-refractivity contribution in [3.05, 3.63) is 36.0 Å². The van der Waals surface area contributed by atoms with Gasteiger partial charge in [0.15, 0.2) is 11.6 Å². The highest BCUT2D eigenvalue weighted by atomic mass is 19.1. The van der Waals surface area contributed by atoms with Crippen LogP contribution in [-0.2, 0) is 6.54 Å². The topological polar surface area (TPSA) is 53.1 Å². The minimum Gasteiger partial charge on any atom is -0.494 e. The lowest BCUT2D eigenvalue weighted by Crippen LogP contribution is -2.26. The van der Waals surface area contributed by atoms with Gasteiger partial charge in [0.05, 0.1) is 18.8 Å². The standard InChI is InChI=1S/C15H18FN3O/c1-9-5-12(17)15-18-13(8-19(15)7-9)10-3-4-14(20-2)11(16)6-10/h3-4,6,8-9,12H,5,7,17H2,1-2H3. The summed E-state index contributed by atoms with van der Waals surface area (Å²) >= 11 is 0. The first-order chi connectivity index (χ1) is 9.58. The molecule has 0 spiro atoms. The van der Waals surface area contributed by atoms with Gasteiger partial charge in [0, 0.05) is 18.3 Å². The third kappa shape index (κ3) is 2.18. The Hall–Kier alpha value is -1.88. The number of aromatic nitrogens is 2. The van der Waals surface area contributed by atoms with Crippen molar-refractivity contribution in [2.24, 2.45) is 11.7 Å². The van der Waals surface area contributed by atoms with Gasteiger partial charge in [-0.25, -0.2) is 9.37 Å². The number of hydrogen-bond acceptors (Lipinski definition) is 3. The number of imidazole rings is 1. The molecule has 3 rings (SSSR count). The summed E-state index contributed by atoms with van der Waals surface area (Å²) in [5.74, 6) is 1.28. The predicted octanol–water partition coefficient (Wildman–Crippen LogP) is 2.74. The monoisotopic (exact) mass is 275 g/mol. The van der Waals surface area contributed by atoms with Crippen molar-refractivity contribution in [2.45, 2.75) is 25.9 Å². The SMILES string of the molecule is COc1ccc(-c2cn3c(n2)C(N)CC(C)C3)cc1F. The van der Waals surface area contributed by atoms with E-state index in [1.165, 1.54) is 13.2 Å². The molecule has 5 heteroatoms. The van der Waals surface area contributed by atoms with E-state index in [1.54, 1.807) is 6.07 Å². The Bertz CT molecular complexity index is 638. The zero-order valence-corrected chi connectivity index (χ0v) is 11.6. The molecule has 4 nitrogen and oxygen atoms in total. The van der Waals surface area contributed by atoms with Crippen LogP contribution in [0.5, 0.6) is 5.75 Å². The number of fused-ring (bicyclic) bond motifs is 1. The fraction of sp³-hybridized carbons (Fsp3) is 0.400. The molecule has 0 saturated heterocycles. The molecule has 0 aliphatic carbocycles. The third-order valence-electron chi connectivity index (χ3n) is 3.75. The average Bonchev–Trinajstić information content (AvgIpc) is 2.82. The maximum Gasteiger partial charge on any atom is 0.165 e. The molecule has 2 aromatic rings. The molecular formula is C15H18FN3O. The summed E-state index contributed by atoms with van der Waals surface area (Å²) in [6.07, 6.45) is 2.89. The Morgan fingerprint density at radius 3 is 2.95 bits per heavy atom. The van der Waals surface area contributed by atoms with Gasteiger partial charge >= 0.3 is 0 Å². The van der Waals surface area contributed by atoms with Crippen LogP contribution in [0.2, 0.25) is 0 Å². The number of ether oxygens (including phenoxy) is 1. The van der Waals surface area contributed by atoms with Crippen LogP contribution >= 0.6 is 0 Å². The van der Waals surface area contributed by atoms with Crippen molar-refractivity contribution in [3.8, 4) is 17.0 Å². The van der Waals surface area contributed by atoms with Gasteiger partial charge < -0.3 is 15.0 Å². The van der Waals surface area contributed by atoms with Crippen molar-refractivity contribution in [1.82, 2.24) is 9.55 Å². The number of halogens is 1. The highest BCUT2D eigenvalue weighted by Crippen LogP contribution is 2.30. The van der Waals surface area contributed by atoms with Crippen LogP contribution in [0.25, 0.3) is 11.3 Å². The quantitative estimate of drug-likeness (QED) is 0.917. The second kappa shape index (κ2) is 4.90. The molecule has 20 heavy (non-hydrogen) atoms. The normalized spacial score (nSPS) is 21.6. The molecule has 0 amide bonds. The zero-order valence-electron chi connectivity index (χ0n) is 11.6. The summed E-state index contributed by atoms with van der Waals surface area (Å²) in [5.41, 5.74) is 7.62. The lowest BCUT2D eigenvalue weighted by molar-refractivity contribution is 0.346. The highest BCUT2D eigenvalue weighted by Gasteiger charge is 2.24. The third-order valence-corrected chi connectivity index (χ3v) is 3.75. The molecule has 2 heterocycles. The van der Waals surface area contributed by atoms with Gasteiger partial charge in [0.2, 0.25) is 0 Å². The van der Waals surface area contributed by atoms with Crippen LogP contribution in [-0.4, -0.2) is 16.7 Å². The summed E-state index contributed by atoms with van der Waals surface area (Å²) in [6, 6.07) is 4.83. The van der Waals surface area contributed by atoms with E-state index < -0.39 is 0 Å². The number of rotatable bonds is 2. The lowest BCUT2D eigenvalue weighted by Gasteiger charge is -2.25. The summed E-state index contributed by atoms with van der Waals surface area (Å²) in [5, 5.41) is 0. The summed E-state index contributed by atoms with van der Waals surface area (Å²) in [7, 11) is 1.45. The van der Waals surface area contributed by atoms with Gasteiger partial charge in [0.1, 0.15) is 5.82 Å². The van der Waals surface area contributed by atoms with Gasteiger partial charge in [-0.2, -0.15) is 0 Å². The van der Waals surface area contributed by atoms with E-state index in [2.05, 4.69) is 16.5 Å². The van der Waals surface area contributed by atoms with E-state index in [0.717, 1.165) is 30.0 Å². The van der Waals surface area contributed by atoms with E-state index >= 15 is 0 Å². The summed E-state index contributed by atoms with van der Waals surface area (Å²) < 4.78 is 20.8. The molecule has 1 aliphatic heterocycles. The molecule has 1 aromatic heterocycles. The van der Waals surface area contributed by atoms with Crippen LogP contribution in [0.1, 0.15) is 25.2 Å². The van der Waals surface area contributed by atoms with Crippen LogP contribution in [0.3, 0.4) is 0 Å². The molecule has 2 N–H and O–H groups in total. The Labute approximate surface area is 117 Å². The van der Waals surface area contributed by atoms with Crippen molar-refractivity contribution in [2.75, 3.05) is 7.11 Å². The van der Waals surface area contributed by atoms with Crippen LogP contribution in [0.4, 0.5) is 4.39 Å². The minimum atomic E-state index is -0.381. The van der Waals surface area contributed by atoms with Gasteiger partial charge in [0.25, 0.3) is 0 Å². The maximum atomic E-state index is 13.8. The number of benzene rings is 1. The molecule has 1 aliphatic rings. The minimum absolute atomic E-state index is 0.0457. The Morgan fingerprint density at radius 1 is 1.45 bits per heavy atom. The first-order valence-electron chi connectivity index (χ1n) is 6.75. The zero-order chi connectivity index (χ0) is 14.3. The molecule has 1 aromatic carbocycles. The van der Waals surface area contributed by atoms with Gasteiger partial charge in [-0.15, -0.1) is 0 Å². The Morgan fingerprint density at radius 2 is 2.25 bits per heavy atom. The smallest absolute Gasteiger partial charge is 0.165 e. The average molecular weight is 275 g/mol. The molecule has 0 fully saturated rings. The van der Waals surface area contributed by atoms with E-state index in [1.807, 2.05) is 12.3 Å². The number of nitrogens with two attached hydrogens (primary N) is 1. The molecule has 2 atom stereocenters. The highest BCUT2D eigenvalue weighted by molar-refractivity contribution is 5.60. The molecule has 106 valence electrons. The second-order valence-electron chi connectivity index (χ2n) is 5.43. The summed E-state index contributed by atoms with van der Waals surface area (Å²) in [6.45, 7) is 3.09. The Kier molecular flexibility index (Phi) is 3.22. The van der Waals surface area contributed by atoms with Gasteiger partial charge in [-0.1, -0.05) is 6.92 Å². The molecule has 0 saturated carbocycles. The van der Waals surface area contributed by atoms with E-state index in [4.69, 9.17) is 10.5 Å². The first-order valence-corrected chi connectivity index (χ1v) is 6.75. The largest absolute Gasteiger partial charge is 0.494 e. The fourth-order valence-electron chi connectivity index (χ4n) is 2.79. The molecule has 0 radical (unpaired) electrons. The van der Waals surface area contributed by atoms with Gasteiger partial charge in [-0.3, -0.25) is 0 Å². The van der Waals surface area contributed by atoms with Crippen molar-refractivity contribution < 1.29 is 9.13 Å². The van der Waals surface area contributed by atoms with Crippen molar-refractivity contribution >= 4 is 0 Å². The molecule has 2 unspecified atom stereocenters. The Balaban J connectivity index is 1.99. The van der Waals surface area contributed by atoms with Crippen LogP contribution < -0.4 is 10.5 Å². The van der Waals surface area contributed by atoms with Gasteiger partial charge in [-0.05, 0) is 30.5 Å².